The summed E-state index contributed by atoms with van der Waals surface area (Å²) < 4.78 is 10.3. The van der Waals surface area contributed by atoms with E-state index in [9.17, 15) is 9.59 Å². The van der Waals surface area contributed by atoms with E-state index in [0.29, 0.717) is 12.4 Å². The summed E-state index contributed by atoms with van der Waals surface area (Å²) in [5, 5.41) is 6.52. The molecule has 1 aromatic heterocycles. The molecular weight excluding hydrogens is 372 g/mol. The van der Waals surface area contributed by atoms with Gasteiger partial charge in [0.05, 0.1) is 13.7 Å². The summed E-state index contributed by atoms with van der Waals surface area (Å²) in [4.78, 5) is 30.6. The summed E-state index contributed by atoms with van der Waals surface area (Å²) in [6, 6.07) is 15.0. The van der Waals surface area contributed by atoms with Crippen molar-refractivity contribution in [2.24, 2.45) is 0 Å². The molecule has 3 aromatic rings. The van der Waals surface area contributed by atoms with Gasteiger partial charge in [0.25, 0.3) is 0 Å². The van der Waals surface area contributed by atoms with Crippen LogP contribution >= 0.6 is 0 Å². The lowest BCUT2D eigenvalue weighted by Gasteiger charge is -2.17. The number of nitrogens with zero attached hydrogens (tertiary/aromatic N) is 3. The Kier molecular flexibility index (Phi) is 5.24. The molecule has 2 heterocycles. The second-order valence-electron chi connectivity index (χ2n) is 6.62. The van der Waals surface area contributed by atoms with Gasteiger partial charge in [0.15, 0.2) is 0 Å². The fraction of sp³-hybridized carbons (Fsp3) is 0.238. The van der Waals surface area contributed by atoms with Crippen LogP contribution in [0.1, 0.15) is 11.5 Å². The molecular formula is C21H20N4O4. The number of ether oxygens (including phenoxy) is 1. The highest BCUT2D eigenvalue weighted by molar-refractivity contribution is 5.98. The van der Waals surface area contributed by atoms with E-state index in [1.165, 1.54) is 0 Å². The Morgan fingerprint density at radius 1 is 1.17 bits per heavy atom. The Bertz CT molecular complexity index is 1030. The Labute approximate surface area is 167 Å². The quantitative estimate of drug-likeness (QED) is 0.689. The van der Waals surface area contributed by atoms with Crippen LogP contribution in [-0.4, -0.2) is 42.2 Å². The second kappa shape index (κ2) is 8.14. The molecule has 2 aromatic carbocycles. The van der Waals surface area contributed by atoms with Crippen molar-refractivity contribution in [3.8, 4) is 17.1 Å². The summed E-state index contributed by atoms with van der Waals surface area (Å²) in [6.07, 6.45) is 0.735. The number of amides is 2. The Hall–Kier alpha value is -3.68. The molecule has 29 heavy (non-hydrogen) atoms. The first-order valence-corrected chi connectivity index (χ1v) is 9.26. The molecule has 0 fully saturated rings. The number of fused-ring (bicyclic) bond motifs is 1. The van der Waals surface area contributed by atoms with E-state index in [0.717, 1.165) is 29.0 Å². The summed E-state index contributed by atoms with van der Waals surface area (Å²) in [6.45, 7) is 0.551. The van der Waals surface area contributed by atoms with Gasteiger partial charge in [0, 0.05) is 17.8 Å². The normalized spacial score (nSPS) is 12.5. The minimum Gasteiger partial charge on any atom is -0.497 e. The lowest BCUT2D eigenvalue weighted by molar-refractivity contribution is -0.124. The molecule has 148 valence electrons. The molecule has 1 aliphatic heterocycles. The van der Waals surface area contributed by atoms with Crippen LogP contribution in [0.2, 0.25) is 0 Å². The Balaban J connectivity index is 1.31. The van der Waals surface area contributed by atoms with Crippen molar-refractivity contribution in [2.45, 2.75) is 12.8 Å². The van der Waals surface area contributed by atoms with Gasteiger partial charge in [-0.1, -0.05) is 23.4 Å². The number of benzene rings is 2. The molecule has 0 bridgehead atoms. The number of carbonyl (C=O) groups is 2. The molecule has 2 amide bonds. The topological polar surface area (TPSA) is 97.6 Å². The molecule has 1 aliphatic rings. The smallest absolute Gasteiger partial charge is 0.246 e. The highest BCUT2D eigenvalue weighted by Gasteiger charge is 2.24. The average molecular weight is 392 g/mol. The van der Waals surface area contributed by atoms with E-state index in [4.69, 9.17) is 9.26 Å². The van der Waals surface area contributed by atoms with Crippen molar-refractivity contribution in [3.63, 3.8) is 0 Å². The lowest BCUT2D eigenvalue weighted by atomic mass is 10.2. The van der Waals surface area contributed by atoms with Gasteiger partial charge in [-0.25, -0.2) is 0 Å². The van der Waals surface area contributed by atoms with Crippen molar-refractivity contribution in [3.05, 3.63) is 60.0 Å². The van der Waals surface area contributed by atoms with E-state index in [-0.39, 0.29) is 30.7 Å². The van der Waals surface area contributed by atoms with E-state index in [2.05, 4.69) is 15.5 Å². The molecule has 0 atom stereocenters. The van der Waals surface area contributed by atoms with Gasteiger partial charge in [-0.15, -0.1) is 0 Å². The van der Waals surface area contributed by atoms with Gasteiger partial charge in [-0.05, 0) is 42.3 Å². The zero-order chi connectivity index (χ0) is 20.2. The first-order chi connectivity index (χ1) is 14.1. The number of anilines is 1. The minimum absolute atomic E-state index is 0.0767. The first-order valence-electron chi connectivity index (χ1n) is 9.26. The SMILES string of the molecule is COc1ccc(-c2noc(CC(=O)NCC(=O)N3CCc4ccccc43)n2)cc1. The van der Waals surface area contributed by atoms with Crippen LogP contribution < -0.4 is 15.0 Å². The summed E-state index contributed by atoms with van der Waals surface area (Å²) in [5.74, 6) is 0.804. The van der Waals surface area contributed by atoms with Crippen LogP contribution in [0.4, 0.5) is 5.69 Å². The predicted octanol–water partition coefficient (Wildman–Crippen LogP) is 1.99. The summed E-state index contributed by atoms with van der Waals surface area (Å²) >= 11 is 0. The van der Waals surface area contributed by atoms with Crippen LogP contribution in [0.5, 0.6) is 5.75 Å². The minimum atomic E-state index is -0.351. The van der Waals surface area contributed by atoms with Gasteiger partial charge >= 0.3 is 0 Å². The number of hydrogen-bond acceptors (Lipinski definition) is 6. The second-order valence-corrected chi connectivity index (χ2v) is 6.62. The zero-order valence-electron chi connectivity index (χ0n) is 15.9. The summed E-state index contributed by atoms with van der Waals surface area (Å²) in [7, 11) is 1.59. The first kappa shape index (κ1) is 18.7. The maximum absolute atomic E-state index is 12.5. The fourth-order valence-corrected chi connectivity index (χ4v) is 3.25. The molecule has 8 nitrogen and oxygen atoms in total. The number of hydrogen-bond donors (Lipinski definition) is 1. The summed E-state index contributed by atoms with van der Waals surface area (Å²) in [5.41, 5.74) is 2.81. The maximum atomic E-state index is 12.5. The monoisotopic (exact) mass is 392 g/mol. The van der Waals surface area contributed by atoms with Gasteiger partial charge in [0.2, 0.25) is 23.5 Å². The average Bonchev–Trinajstić information content (AvgIpc) is 3.39. The molecule has 8 heteroatoms. The predicted molar refractivity (Wildman–Crippen MR) is 105 cm³/mol. The molecule has 0 aliphatic carbocycles. The largest absolute Gasteiger partial charge is 0.497 e. The number of methoxy groups -OCH3 is 1. The maximum Gasteiger partial charge on any atom is 0.246 e. The van der Waals surface area contributed by atoms with Crippen LogP contribution in [0.25, 0.3) is 11.4 Å². The third-order valence-electron chi connectivity index (χ3n) is 4.75. The van der Waals surface area contributed by atoms with Crippen molar-refractivity contribution in [2.75, 3.05) is 25.1 Å². The fourth-order valence-electron chi connectivity index (χ4n) is 3.25. The highest BCUT2D eigenvalue weighted by atomic mass is 16.5. The molecule has 0 saturated heterocycles. The zero-order valence-corrected chi connectivity index (χ0v) is 15.9. The highest BCUT2D eigenvalue weighted by Crippen LogP contribution is 2.27. The number of carbonyl (C=O) groups excluding carboxylic acids is 2. The lowest BCUT2D eigenvalue weighted by Crippen LogP contribution is -2.39. The van der Waals surface area contributed by atoms with Crippen molar-refractivity contribution in [1.82, 2.24) is 15.5 Å². The van der Waals surface area contributed by atoms with E-state index >= 15 is 0 Å². The number of rotatable bonds is 6. The molecule has 0 saturated carbocycles. The van der Waals surface area contributed by atoms with Gasteiger partial charge in [0.1, 0.15) is 12.2 Å². The van der Waals surface area contributed by atoms with E-state index in [1.54, 1.807) is 36.3 Å². The Morgan fingerprint density at radius 3 is 2.76 bits per heavy atom. The number of para-hydroxylation sites is 1. The van der Waals surface area contributed by atoms with Crippen LogP contribution in [0, 0.1) is 0 Å². The third-order valence-corrected chi connectivity index (χ3v) is 4.75. The van der Waals surface area contributed by atoms with Crippen molar-refractivity contribution in [1.29, 1.82) is 0 Å². The van der Waals surface area contributed by atoms with Gasteiger partial charge in [-0.2, -0.15) is 4.98 Å². The van der Waals surface area contributed by atoms with Crippen molar-refractivity contribution >= 4 is 17.5 Å². The number of nitrogens with one attached hydrogen (secondary N) is 1. The Morgan fingerprint density at radius 2 is 1.97 bits per heavy atom. The van der Waals surface area contributed by atoms with Crippen molar-refractivity contribution < 1.29 is 18.8 Å². The van der Waals surface area contributed by atoms with E-state index in [1.807, 2.05) is 24.3 Å². The molecule has 4 rings (SSSR count). The molecule has 0 spiro atoms. The van der Waals surface area contributed by atoms with Gasteiger partial charge < -0.3 is 19.5 Å². The van der Waals surface area contributed by atoms with E-state index < -0.39 is 0 Å². The van der Waals surface area contributed by atoms with Gasteiger partial charge in [-0.3, -0.25) is 9.59 Å². The molecule has 0 unspecified atom stereocenters. The number of aromatic nitrogens is 2. The van der Waals surface area contributed by atoms with Crippen LogP contribution in [0.3, 0.4) is 0 Å². The molecule has 0 radical (unpaired) electrons. The third kappa shape index (κ3) is 4.11. The van der Waals surface area contributed by atoms with Crippen LogP contribution in [0.15, 0.2) is 53.1 Å². The standard InChI is InChI=1S/C21H20N4O4/c1-28-16-8-6-15(7-9-16)21-23-19(29-24-21)12-18(26)22-13-20(27)25-11-10-14-4-2-3-5-17(14)25/h2-9H,10-13H2,1H3,(H,22,26). The molecule has 1 N–H and O–H groups in total. The van der Waals surface area contributed by atoms with Crippen LogP contribution in [-0.2, 0) is 22.4 Å².